The molecule has 9 heteroatoms. The van der Waals surface area contributed by atoms with Crippen molar-refractivity contribution in [1.82, 2.24) is 19.9 Å². The van der Waals surface area contributed by atoms with Crippen LogP contribution in [0.3, 0.4) is 0 Å². The van der Waals surface area contributed by atoms with E-state index in [1.54, 1.807) is 7.11 Å². The lowest BCUT2D eigenvalue weighted by atomic mass is 10.1. The minimum Gasteiger partial charge on any atom is -0.497 e. The molecule has 1 aliphatic rings. The number of rotatable bonds is 4. The number of nitrogens with zero attached hydrogens (tertiary/aromatic N) is 3. The maximum atomic E-state index is 12.9. The Labute approximate surface area is 184 Å². The lowest BCUT2D eigenvalue weighted by Gasteiger charge is -2.34. The summed E-state index contributed by atoms with van der Waals surface area (Å²) in [6, 6.07) is 13.9. The number of fused-ring (bicyclic) bond motifs is 2. The van der Waals surface area contributed by atoms with Gasteiger partial charge in [0.05, 0.1) is 24.6 Å². The molecule has 1 fully saturated rings. The van der Waals surface area contributed by atoms with Crippen LogP contribution in [0, 0.1) is 0 Å². The number of piperazine rings is 1. The minimum absolute atomic E-state index is 0.158. The van der Waals surface area contributed by atoms with Crippen molar-refractivity contribution in [3.63, 3.8) is 0 Å². The molecule has 3 heterocycles. The Hall–Kier alpha value is -4.01. The average molecular weight is 435 g/mol. The Morgan fingerprint density at radius 2 is 1.91 bits per heavy atom. The van der Waals surface area contributed by atoms with Crippen LogP contribution in [0.5, 0.6) is 5.75 Å². The highest BCUT2D eigenvalue weighted by Gasteiger charge is 2.23. The number of para-hydroxylation sites is 2. The first kappa shape index (κ1) is 21.2. The molecule has 4 aromatic rings. The SMILES string of the molecule is COc1ccc2c(CC(=O)N3CCN(c4nc5ccccc5[nH]4)CC3)c[nH]c2c1.O=CO. The summed E-state index contributed by atoms with van der Waals surface area (Å²) in [5, 5.41) is 7.96. The fourth-order valence-electron chi connectivity index (χ4n) is 3.97. The number of benzene rings is 2. The van der Waals surface area contributed by atoms with Crippen LogP contribution in [-0.2, 0) is 16.0 Å². The number of imidazole rings is 1. The summed E-state index contributed by atoms with van der Waals surface area (Å²) in [6.07, 6.45) is 2.32. The van der Waals surface area contributed by atoms with Gasteiger partial charge in [0, 0.05) is 49.3 Å². The van der Waals surface area contributed by atoms with Gasteiger partial charge in [-0.2, -0.15) is 0 Å². The van der Waals surface area contributed by atoms with Crippen molar-refractivity contribution in [3.8, 4) is 5.75 Å². The van der Waals surface area contributed by atoms with E-state index >= 15 is 0 Å². The van der Waals surface area contributed by atoms with Crippen molar-refractivity contribution in [2.45, 2.75) is 6.42 Å². The topological polar surface area (TPSA) is 115 Å². The molecular weight excluding hydrogens is 410 g/mol. The minimum atomic E-state index is -0.250. The summed E-state index contributed by atoms with van der Waals surface area (Å²) in [5.41, 5.74) is 4.02. The van der Waals surface area contributed by atoms with Crippen LogP contribution in [0.1, 0.15) is 5.56 Å². The first-order chi connectivity index (χ1) is 15.6. The normalized spacial score (nSPS) is 13.7. The molecule has 0 radical (unpaired) electrons. The summed E-state index contributed by atoms with van der Waals surface area (Å²) in [4.78, 5) is 36.7. The van der Waals surface area contributed by atoms with Gasteiger partial charge in [0.1, 0.15) is 5.75 Å². The second kappa shape index (κ2) is 9.42. The van der Waals surface area contributed by atoms with E-state index in [1.165, 1.54) is 0 Å². The molecule has 0 aliphatic carbocycles. The maximum Gasteiger partial charge on any atom is 0.290 e. The highest BCUT2D eigenvalue weighted by molar-refractivity contribution is 5.89. The summed E-state index contributed by atoms with van der Waals surface area (Å²) in [5.74, 6) is 1.84. The predicted octanol–water partition coefficient (Wildman–Crippen LogP) is 2.64. The van der Waals surface area contributed by atoms with Gasteiger partial charge in [-0.15, -0.1) is 0 Å². The Morgan fingerprint density at radius 1 is 1.16 bits per heavy atom. The van der Waals surface area contributed by atoms with Gasteiger partial charge >= 0.3 is 0 Å². The predicted molar refractivity (Wildman–Crippen MR) is 122 cm³/mol. The Morgan fingerprint density at radius 3 is 2.62 bits per heavy atom. The molecule has 5 rings (SSSR count). The third-order valence-corrected chi connectivity index (χ3v) is 5.63. The van der Waals surface area contributed by atoms with E-state index in [9.17, 15) is 4.79 Å². The van der Waals surface area contributed by atoms with Gasteiger partial charge in [0.2, 0.25) is 11.9 Å². The number of methoxy groups -OCH3 is 1. The third-order valence-electron chi connectivity index (χ3n) is 5.63. The molecule has 0 bridgehead atoms. The van der Waals surface area contributed by atoms with E-state index in [-0.39, 0.29) is 12.4 Å². The summed E-state index contributed by atoms with van der Waals surface area (Å²) < 4.78 is 5.27. The largest absolute Gasteiger partial charge is 0.497 e. The quantitative estimate of drug-likeness (QED) is 0.425. The van der Waals surface area contributed by atoms with Gasteiger partial charge < -0.3 is 29.6 Å². The standard InChI is InChI=1S/C22H23N5O2.CH2O2/c1-29-16-6-7-17-15(14-23-20(17)13-16)12-21(28)26-8-10-27(11-9-26)22-24-18-4-2-3-5-19(18)25-22;2-1-3/h2-7,13-14,23H,8-12H2,1H3,(H,24,25);1H,(H,2,3). The molecule has 9 nitrogen and oxygen atoms in total. The van der Waals surface area contributed by atoms with Crippen LogP contribution in [0.2, 0.25) is 0 Å². The maximum absolute atomic E-state index is 12.9. The first-order valence-corrected chi connectivity index (χ1v) is 10.3. The lowest BCUT2D eigenvalue weighted by molar-refractivity contribution is -0.130. The number of ether oxygens (including phenoxy) is 1. The van der Waals surface area contributed by atoms with Gasteiger partial charge in [-0.25, -0.2) is 4.98 Å². The number of H-pyrrole nitrogens is 2. The van der Waals surface area contributed by atoms with E-state index in [0.717, 1.165) is 52.3 Å². The van der Waals surface area contributed by atoms with E-state index in [0.29, 0.717) is 19.5 Å². The number of hydrogen-bond donors (Lipinski definition) is 3. The zero-order valence-corrected chi connectivity index (χ0v) is 17.7. The molecule has 0 atom stereocenters. The van der Waals surface area contributed by atoms with Crippen LogP contribution in [-0.4, -0.2) is 70.6 Å². The van der Waals surface area contributed by atoms with Crippen molar-refractivity contribution < 1.29 is 19.4 Å². The van der Waals surface area contributed by atoms with Crippen molar-refractivity contribution >= 4 is 40.3 Å². The molecule has 1 amide bonds. The fraction of sp³-hybridized carbons (Fsp3) is 0.261. The van der Waals surface area contributed by atoms with Crippen molar-refractivity contribution in [3.05, 3.63) is 54.2 Å². The van der Waals surface area contributed by atoms with Gasteiger partial charge in [-0.1, -0.05) is 12.1 Å². The van der Waals surface area contributed by atoms with Gasteiger partial charge in [-0.3, -0.25) is 9.59 Å². The van der Waals surface area contributed by atoms with Crippen LogP contribution >= 0.6 is 0 Å². The number of carbonyl (C=O) groups excluding carboxylic acids is 1. The van der Waals surface area contributed by atoms with Crippen molar-refractivity contribution in [1.29, 1.82) is 0 Å². The number of carbonyl (C=O) groups is 2. The smallest absolute Gasteiger partial charge is 0.290 e. The molecule has 32 heavy (non-hydrogen) atoms. The number of aromatic amines is 2. The summed E-state index contributed by atoms with van der Waals surface area (Å²) in [6.45, 7) is 2.70. The molecule has 0 unspecified atom stereocenters. The molecule has 1 aliphatic heterocycles. The molecule has 1 saturated heterocycles. The molecule has 166 valence electrons. The molecule has 0 saturated carbocycles. The third kappa shape index (κ3) is 4.36. The first-order valence-electron chi connectivity index (χ1n) is 10.3. The molecule has 2 aromatic carbocycles. The molecule has 2 aromatic heterocycles. The zero-order chi connectivity index (χ0) is 22.5. The fourth-order valence-corrected chi connectivity index (χ4v) is 3.97. The summed E-state index contributed by atoms with van der Waals surface area (Å²) in [7, 11) is 1.65. The zero-order valence-electron chi connectivity index (χ0n) is 17.7. The lowest BCUT2D eigenvalue weighted by Crippen LogP contribution is -2.49. The van der Waals surface area contributed by atoms with E-state index in [2.05, 4.69) is 19.9 Å². The number of nitrogens with one attached hydrogen (secondary N) is 2. The van der Waals surface area contributed by atoms with E-state index in [4.69, 9.17) is 14.6 Å². The Kier molecular flexibility index (Phi) is 6.25. The van der Waals surface area contributed by atoms with Crippen molar-refractivity contribution in [2.24, 2.45) is 0 Å². The van der Waals surface area contributed by atoms with Gasteiger partial charge in [-0.05, 0) is 29.8 Å². The number of hydrogen-bond acceptors (Lipinski definition) is 5. The number of anilines is 1. The van der Waals surface area contributed by atoms with E-state index < -0.39 is 0 Å². The van der Waals surface area contributed by atoms with Crippen molar-refractivity contribution in [2.75, 3.05) is 38.2 Å². The Bertz CT molecular complexity index is 1190. The number of carboxylic acid groups (broad SMARTS) is 1. The number of aromatic nitrogens is 3. The highest BCUT2D eigenvalue weighted by atomic mass is 16.5. The van der Waals surface area contributed by atoms with Crippen LogP contribution in [0.4, 0.5) is 5.95 Å². The average Bonchev–Trinajstić information content (AvgIpc) is 3.43. The van der Waals surface area contributed by atoms with Gasteiger partial charge in [0.15, 0.2) is 0 Å². The van der Waals surface area contributed by atoms with Crippen LogP contribution < -0.4 is 9.64 Å². The monoisotopic (exact) mass is 435 g/mol. The second-order valence-electron chi connectivity index (χ2n) is 7.45. The molecule has 3 N–H and O–H groups in total. The second-order valence-corrected chi connectivity index (χ2v) is 7.45. The van der Waals surface area contributed by atoms with Crippen LogP contribution in [0.15, 0.2) is 48.7 Å². The Balaban J connectivity index is 0.000000775. The van der Waals surface area contributed by atoms with Crippen LogP contribution in [0.25, 0.3) is 21.9 Å². The van der Waals surface area contributed by atoms with E-state index in [1.807, 2.05) is 53.6 Å². The molecular formula is C23H25N5O4. The number of amides is 1. The highest BCUT2D eigenvalue weighted by Crippen LogP contribution is 2.24. The van der Waals surface area contributed by atoms with Gasteiger partial charge in [0.25, 0.3) is 6.47 Å². The molecule has 0 spiro atoms. The summed E-state index contributed by atoms with van der Waals surface area (Å²) >= 11 is 0.